The summed E-state index contributed by atoms with van der Waals surface area (Å²) in [5.74, 6) is 0. The summed E-state index contributed by atoms with van der Waals surface area (Å²) >= 11 is 0. The molecule has 0 bridgehead atoms. The smallest absolute Gasteiger partial charge is 0.211 e. The highest BCUT2D eigenvalue weighted by molar-refractivity contribution is 7.88. The molecule has 2 aliphatic heterocycles. The molecule has 124 valence electrons. The predicted octanol–water partition coefficient (Wildman–Crippen LogP) is -0.156. The molecule has 1 saturated heterocycles. The zero-order chi connectivity index (χ0) is 15.6. The standard InChI is InChI=1S/C14H25N5O2S/c1-22(20,21)18-6-3-5-17(8-9-18)12-13-10-14-11-15-4-2-7-19(14)16-13/h10,15H,2-9,11-12H2,1H3. The van der Waals surface area contributed by atoms with Gasteiger partial charge in [-0.05, 0) is 32.0 Å². The molecule has 0 atom stereocenters. The summed E-state index contributed by atoms with van der Waals surface area (Å²) in [6, 6.07) is 2.18. The molecule has 1 aromatic heterocycles. The van der Waals surface area contributed by atoms with E-state index in [4.69, 9.17) is 5.10 Å². The van der Waals surface area contributed by atoms with Crippen LogP contribution in [-0.2, 0) is 29.7 Å². The molecular formula is C14H25N5O2S. The van der Waals surface area contributed by atoms with Crippen molar-refractivity contribution < 1.29 is 8.42 Å². The van der Waals surface area contributed by atoms with Crippen molar-refractivity contribution in [2.75, 3.05) is 39.0 Å². The normalized spacial score (nSPS) is 22.0. The van der Waals surface area contributed by atoms with Crippen LogP contribution in [0.1, 0.15) is 24.2 Å². The SMILES string of the molecule is CS(=O)(=O)N1CCCN(Cc2cc3n(n2)CCCNC3)CC1. The van der Waals surface area contributed by atoms with Gasteiger partial charge in [-0.3, -0.25) is 9.58 Å². The van der Waals surface area contributed by atoms with Gasteiger partial charge in [0, 0.05) is 39.3 Å². The lowest BCUT2D eigenvalue weighted by molar-refractivity contribution is 0.274. The minimum absolute atomic E-state index is 0.577. The average Bonchev–Trinajstić information content (AvgIpc) is 2.65. The summed E-state index contributed by atoms with van der Waals surface area (Å²) in [7, 11) is -3.07. The van der Waals surface area contributed by atoms with Crippen molar-refractivity contribution >= 4 is 10.0 Å². The maximum absolute atomic E-state index is 11.7. The Hall–Kier alpha value is -0.960. The van der Waals surface area contributed by atoms with Crippen LogP contribution >= 0.6 is 0 Å². The summed E-state index contributed by atoms with van der Waals surface area (Å²) in [6.07, 6.45) is 3.28. The third kappa shape index (κ3) is 3.87. The topological polar surface area (TPSA) is 70.5 Å². The summed E-state index contributed by atoms with van der Waals surface area (Å²) in [5, 5.41) is 8.11. The first kappa shape index (κ1) is 15.9. The van der Waals surface area contributed by atoms with E-state index in [2.05, 4.69) is 21.0 Å². The Balaban J connectivity index is 1.62. The maximum atomic E-state index is 11.7. The molecule has 2 aliphatic rings. The van der Waals surface area contributed by atoms with E-state index in [1.54, 1.807) is 4.31 Å². The van der Waals surface area contributed by atoms with Crippen LogP contribution in [-0.4, -0.2) is 66.4 Å². The van der Waals surface area contributed by atoms with Gasteiger partial charge in [-0.15, -0.1) is 0 Å². The van der Waals surface area contributed by atoms with E-state index < -0.39 is 10.0 Å². The van der Waals surface area contributed by atoms with Crippen molar-refractivity contribution in [2.45, 2.75) is 32.5 Å². The van der Waals surface area contributed by atoms with E-state index in [0.29, 0.717) is 13.1 Å². The third-order valence-corrected chi connectivity index (χ3v) is 5.65. The number of sulfonamides is 1. The van der Waals surface area contributed by atoms with Crippen LogP contribution in [0.5, 0.6) is 0 Å². The number of rotatable bonds is 3. The molecule has 0 spiro atoms. The van der Waals surface area contributed by atoms with Crippen molar-refractivity contribution in [1.82, 2.24) is 24.3 Å². The van der Waals surface area contributed by atoms with E-state index in [9.17, 15) is 8.42 Å². The Kier molecular flexibility index (Phi) is 4.82. The molecule has 0 radical (unpaired) electrons. The lowest BCUT2D eigenvalue weighted by Crippen LogP contribution is -2.34. The molecule has 8 heteroatoms. The number of nitrogens with one attached hydrogen (secondary N) is 1. The predicted molar refractivity (Wildman–Crippen MR) is 84.9 cm³/mol. The highest BCUT2D eigenvalue weighted by atomic mass is 32.2. The highest BCUT2D eigenvalue weighted by Gasteiger charge is 2.22. The first-order valence-corrected chi connectivity index (χ1v) is 9.81. The largest absolute Gasteiger partial charge is 0.311 e. The van der Waals surface area contributed by atoms with Gasteiger partial charge >= 0.3 is 0 Å². The van der Waals surface area contributed by atoms with Crippen molar-refractivity contribution in [3.05, 3.63) is 17.5 Å². The number of nitrogens with zero attached hydrogens (tertiary/aromatic N) is 4. The molecule has 3 rings (SSSR count). The van der Waals surface area contributed by atoms with E-state index in [-0.39, 0.29) is 0 Å². The van der Waals surface area contributed by atoms with Gasteiger partial charge in [0.2, 0.25) is 10.0 Å². The fraction of sp³-hybridized carbons (Fsp3) is 0.786. The second-order valence-corrected chi connectivity index (χ2v) is 8.15. The Morgan fingerprint density at radius 2 is 2.05 bits per heavy atom. The Morgan fingerprint density at radius 1 is 1.18 bits per heavy atom. The van der Waals surface area contributed by atoms with Gasteiger partial charge in [0.25, 0.3) is 0 Å². The van der Waals surface area contributed by atoms with Crippen LogP contribution in [0.15, 0.2) is 6.07 Å². The molecule has 0 amide bonds. The molecule has 1 N–H and O–H groups in total. The molecular weight excluding hydrogens is 302 g/mol. The lowest BCUT2D eigenvalue weighted by atomic mass is 10.3. The van der Waals surface area contributed by atoms with Gasteiger partial charge in [-0.2, -0.15) is 5.10 Å². The summed E-state index contributed by atoms with van der Waals surface area (Å²) in [6.45, 7) is 6.61. The molecule has 1 aromatic rings. The van der Waals surface area contributed by atoms with Gasteiger partial charge in [0.05, 0.1) is 17.6 Å². The third-order valence-electron chi connectivity index (χ3n) is 4.35. The van der Waals surface area contributed by atoms with Crippen molar-refractivity contribution in [2.24, 2.45) is 0 Å². The van der Waals surface area contributed by atoms with Crippen molar-refractivity contribution in [3.63, 3.8) is 0 Å². The molecule has 0 unspecified atom stereocenters. The maximum Gasteiger partial charge on any atom is 0.211 e. The number of fused-ring (bicyclic) bond motifs is 1. The number of hydrogen-bond donors (Lipinski definition) is 1. The zero-order valence-corrected chi connectivity index (χ0v) is 14.0. The molecule has 22 heavy (non-hydrogen) atoms. The molecule has 0 saturated carbocycles. The van der Waals surface area contributed by atoms with Crippen LogP contribution in [0.25, 0.3) is 0 Å². The second-order valence-electron chi connectivity index (χ2n) is 6.17. The molecule has 7 nitrogen and oxygen atoms in total. The highest BCUT2D eigenvalue weighted by Crippen LogP contribution is 2.13. The number of hydrogen-bond acceptors (Lipinski definition) is 5. The van der Waals surface area contributed by atoms with Gasteiger partial charge in [0.15, 0.2) is 0 Å². The first-order chi connectivity index (χ1) is 10.5. The van der Waals surface area contributed by atoms with Crippen LogP contribution < -0.4 is 5.32 Å². The molecule has 0 aromatic carbocycles. The van der Waals surface area contributed by atoms with E-state index in [1.807, 2.05) is 0 Å². The van der Waals surface area contributed by atoms with Gasteiger partial charge in [0.1, 0.15) is 0 Å². The van der Waals surface area contributed by atoms with Crippen LogP contribution in [0, 0.1) is 0 Å². The number of aromatic nitrogens is 2. The monoisotopic (exact) mass is 327 g/mol. The van der Waals surface area contributed by atoms with Gasteiger partial charge in [-0.25, -0.2) is 12.7 Å². The first-order valence-electron chi connectivity index (χ1n) is 7.96. The van der Waals surface area contributed by atoms with Gasteiger partial charge < -0.3 is 5.32 Å². The van der Waals surface area contributed by atoms with Crippen molar-refractivity contribution in [3.8, 4) is 0 Å². The fourth-order valence-electron chi connectivity index (χ4n) is 3.16. The summed E-state index contributed by atoms with van der Waals surface area (Å²) < 4.78 is 27.0. The van der Waals surface area contributed by atoms with E-state index in [1.165, 1.54) is 11.9 Å². The summed E-state index contributed by atoms with van der Waals surface area (Å²) in [4.78, 5) is 2.31. The average molecular weight is 327 g/mol. The van der Waals surface area contributed by atoms with E-state index in [0.717, 1.165) is 57.8 Å². The quantitative estimate of drug-likeness (QED) is 0.836. The van der Waals surface area contributed by atoms with Crippen molar-refractivity contribution in [1.29, 1.82) is 0 Å². The molecule has 0 aliphatic carbocycles. The zero-order valence-electron chi connectivity index (χ0n) is 13.2. The lowest BCUT2D eigenvalue weighted by Gasteiger charge is -2.19. The Morgan fingerprint density at radius 3 is 2.86 bits per heavy atom. The number of aryl methyl sites for hydroxylation is 1. The molecule has 3 heterocycles. The minimum atomic E-state index is -3.07. The van der Waals surface area contributed by atoms with Crippen LogP contribution in [0.4, 0.5) is 0 Å². The van der Waals surface area contributed by atoms with Crippen LogP contribution in [0.3, 0.4) is 0 Å². The minimum Gasteiger partial charge on any atom is -0.311 e. The van der Waals surface area contributed by atoms with Gasteiger partial charge in [-0.1, -0.05) is 0 Å². The Bertz CT molecular complexity index is 589. The van der Waals surface area contributed by atoms with Crippen LogP contribution in [0.2, 0.25) is 0 Å². The fourth-order valence-corrected chi connectivity index (χ4v) is 4.04. The van der Waals surface area contributed by atoms with E-state index >= 15 is 0 Å². The molecule has 1 fully saturated rings. The second kappa shape index (κ2) is 6.66. The summed E-state index contributed by atoms with van der Waals surface area (Å²) in [5.41, 5.74) is 2.34. The Labute approximate surface area is 132 Å².